The van der Waals surface area contributed by atoms with Crippen LogP contribution in [0.4, 0.5) is 11.4 Å². The SMILES string of the molecule is COc1ccc(S(=O)(=O)N(CCO)CCO[C@@H]2C[C@H](c3coc4ccccc34)C=C(C(=O)NCCCCC(=O)Nc3ccccc3N)O2)cc1. The van der Waals surface area contributed by atoms with Crippen LogP contribution in [0.1, 0.15) is 37.2 Å². The fourth-order valence-corrected chi connectivity index (χ4v) is 7.01. The Hall–Kier alpha value is -4.89. The molecule has 2 atom stereocenters. The van der Waals surface area contributed by atoms with Crippen LogP contribution in [-0.2, 0) is 29.1 Å². The van der Waals surface area contributed by atoms with Crippen LogP contribution in [0, 0.1) is 0 Å². The van der Waals surface area contributed by atoms with Crippen molar-refractivity contribution in [1.29, 1.82) is 0 Å². The van der Waals surface area contributed by atoms with E-state index in [-0.39, 0.29) is 55.2 Å². The van der Waals surface area contributed by atoms with Crippen molar-refractivity contribution in [1.82, 2.24) is 9.62 Å². The second kappa shape index (κ2) is 17.2. The first kappa shape index (κ1) is 36.4. The van der Waals surface area contributed by atoms with E-state index in [0.717, 1.165) is 15.3 Å². The number of nitrogens with one attached hydrogen (secondary N) is 2. The van der Waals surface area contributed by atoms with Crippen molar-refractivity contribution in [3.8, 4) is 5.75 Å². The molecule has 5 rings (SSSR count). The first-order chi connectivity index (χ1) is 24.2. The monoisotopic (exact) mass is 706 g/mol. The maximum atomic E-state index is 13.3. The van der Waals surface area contributed by atoms with Crippen LogP contribution < -0.4 is 21.1 Å². The summed E-state index contributed by atoms with van der Waals surface area (Å²) in [6.45, 7) is -0.342. The van der Waals surface area contributed by atoms with Gasteiger partial charge in [-0.3, -0.25) is 9.59 Å². The van der Waals surface area contributed by atoms with Crippen molar-refractivity contribution in [2.45, 2.75) is 42.8 Å². The van der Waals surface area contributed by atoms with Gasteiger partial charge in [0.2, 0.25) is 22.2 Å². The van der Waals surface area contributed by atoms with Gasteiger partial charge in [-0.2, -0.15) is 4.31 Å². The number of nitrogens with two attached hydrogens (primary N) is 1. The molecule has 0 unspecified atom stereocenters. The summed E-state index contributed by atoms with van der Waals surface area (Å²) in [5.41, 5.74) is 8.50. The summed E-state index contributed by atoms with van der Waals surface area (Å²) >= 11 is 0. The number of anilines is 2. The number of allylic oxidation sites excluding steroid dienone is 1. The van der Waals surface area contributed by atoms with Gasteiger partial charge in [0.05, 0.1) is 42.9 Å². The molecule has 0 fully saturated rings. The Labute approximate surface area is 291 Å². The van der Waals surface area contributed by atoms with Crippen LogP contribution in [-0.4, -0.2) is 75.9 Å². The Morgan fingerprint density at radius 1 is 1.02 bits per heavy atom. The summed E-state index contributed by atoms with van der Waals surface area (Å²) in [5, 5.41) is 16.2. The lowest BCUT2D eigenvalue weighted by Gasteiger charge is -2.30. The van der Waals surface area contributed by atoms with E-state index in [1.807, 2.05) is 24.3 Å². The molecule has 1 aliphatic rings. The summed E-state index contributed by atoms with van der Waals surface area (Å²) in [6.07, 6.45) is 4.20. The molecular weight excluding hydrogens is 664 g/mol. The van der Waals surface area contributed by atoms with Gasteiger partial charge in [-0.25, -0.2) is 8.42 Å². The maximum absolute atomic E-state index is 13.3. The van der Waals surface area contributed by atoms with Gasteiger partial charge in [0.15, 0.2) is 5.76 Å². The number of aliphatic hydroxyl groups is 1. The number of sulfonamides is 1. The summed E-state index contributed by atoms with van der Waals surface area (Å²) in [7, 11) is -2.46. The van der Waals surface area contributed by atoms with Crippen molar-refractivity contribution < 1.29 is 41.7 Å². The molecule has 4 aromatic rings. The number of ether oxygens (including phenoxy) is 3. The average molecular weight is 707 g/mol. The molecule has 0 bridgehead atoms. The predicted molar refractivity (Wildman–Crippen MR) is 188 cm³/mol. The number of unbranched alkanes of at least 4 members (excludes halogenated alkanes) is 1. The van der Waals surface area contributed by atoms with E-state index in [4.69, 9.17) is 24.4 Å². The number of nitrogens with zero attached hydrogens (tertiary/aromatic N) is 1. The molecule has 13 nitrogen and oxygen atoms in total. The summed E-state index contributed by atoms with van der Waals surface area (Å²) < 4.78 is 50.7. The molecule has 5 N–H and O–H groups in total. The van der Waals surface area contributed by atoms with Crippen molar-refractivity contribution >= 4 is 44.2 Å². The van der Waals surface area contributed by atoms with Gasteiger partial charge in [-0.15, -0.1) is 0 Å². The molecule has 0 saturated heterocycles. The first-order valence-corrected chi connectivity index (χ1v) is 17.8. The van der Waals surface area contributed by atoms with Crippen molar-refractivity contribution in [2.24, 2.45) is 0 Å². The van der Waals surface area contributed by atoms with Gasteiger partial charge < -0.3 is 40.1 Å². The third-order valence-corrected chi connectivity index (χ3v) is 10.1. The first-order valence-electron chi connectivity index (χ1n) is 16.3. The minimum Gasteiger partial charge on any atom is -0.497 e. The van der Waals surface area contributed by atoms with Crippen molar-refractivity contribution in [3.63, 3.8) is 0 Å². The average Bonchev–Trinajstić information content (AvgIpc) is 3.56. The molecule has 0 saturated carbocycles. The number of amides is 2. The van der Waals surface area contributed by atoms with E-state index >= 15 is 0 Å². The summed E-state index contributed by atoms with van der Waals surface area (Å²) in [4.78, 5) is 25.7. The molecule has 14 heteroatoms. The van der Waals surface area contributed by atoms with Crippen LogP contribution in [0.3, 0.4) is 0 Å². The Morgan fingerprint density at radius 3 is 2.54 bits per heavy atom. The standard InChI is InChI=1S/C36H42N4O9S/c1-46-26-13-15-27(16-14-26)50(44,45)40(18-20-41)19-21-47-35-23-25(29-24-48-32-11-5-2-8-28(29)32)22-33(49-35)36(43)38-17-7-6-12-34(42)39-31-10-4-3-9-30(31)37/h2-5,8-11,13-16,22,24-25,35,41H,6-7,12,17-21,23,37H2,1H3,(H,38,43)(H,39,42)/t25-,35+/m1/s1. The molecule has 1 aromatic heterocycles. The lowest BCUT2D eigenvalue weighted by atomic mass is 9.92. The fraction of sp³-hybridized carbons (Fsp3) is 0.333. The number of hydrogen-bond acceptors (Lipinski definition) is 10. The van der Waals surface area contributed by atoms with Crippen LogP contribution in [0.25, 0.3) is 11.0 Å². The molecule has 0 aliphatic carbocycles. The highest BCUT2D eigenvalue weighted by Gasteiger charge is 2.31. The summed E-state index contributed by atoms with van der Waals surface area (Å²) in [5.74, 6) is -0.338. The third-order valence-electron chi connectivity index (χ3n) is 8.23. The van der Waals surface area contributed by atoms with E-state index < -0.39 is 22.2 Å². The largest absolute Gasteiger partial charge is 0.497 e. The van der Waals surface area contributed by atoms with Gasteiger partial charge in [0, 0.05) is 49.3 Å². The Bertz CT molecular complexity index is 1890. The Balaban J connectivity index is 1.20. The van der Waals surface area contributed by atoms with Crippen molar-refractivity contribution in [3.05, 3.63) is 96.5 Å². The fourth-order valence-electron chi connectivity index (χ4n) is 5.59. The number of nitrogen functional groups attached to an aromatic ring is 1. The number of rotatable bonds is 17. The number of furan rings is 1. The smallest absolute Gasteiger partial charge is 0.286 e. The molecule has 1 aliphatic heterocycles. The van der Waals surface area contributed by atoms with E-state index in [2.05, 4.69) is 10.6 Å². The van der Waals surface area contributed by atoms with E-state index in [1.165, 1.54) is 19.2 Å². The number of benzene rings is 3. The van der Waals surface area contributed by atoms with Crippen LogP contribution in [0.15, 0.2) is 100 Å². The molecule has 266 valence electrons. The molecule has 2 amide bonds. The topological polar surface area (TPSA) is 183 Å². The number of fused-ring (bicyclic) bond motifs is 1. The molecule has 3 aromatic carbocycles. The van der Waals surface area contributed by atoms with Gasteiger partial charge in [-0.1, -0.05) is 30.3 Å². The molecule has 0 spiro atoms. The summed E-state index contributed by atoms with van der Waals surface area (Å²) in [6, 6.07) is 20.6. The predicted octanol–water partition coefficient (Wildman–Crippen LogP) is 4.36. The zero-order valence-electron chi connectivity index (χ0n) is 27.7. The molecule has 2 heterocycles. The number of aliphatic hydroxyl groups excluding tert-OH is 1. The van der Waals surface area contributed by atoms with E-state index in [0.29, 0.717) is 48.5 Å². The number of methoxy groups -OCH3 is 1. The van der Waals surface area contributed by atoms with E-state index in [9.17, 15) is 23.1 Å². The van der Waals surface area contributed by atoms with Crippen LogP contribution in [0.5, 0.6) is 5.75 Å². The number of para-hydroxylation sites is 3. The van der Waals surface area contributed by atoms with Gasteiger partial charge in [-0.05, 0) is 61.4 Å². The van der Waals surface area contributed by atoms with E-state index in [1.54, 1.807) is 48.7 Å². The van der Waals surface area contributed by atoms with Gasteiger partial charge in [0.1, 0.15) is 11.3 Å². The maximum Gasteiger partial charge on any atom is 0.286 e. The Morgan fingerprint density at radius 2 is 1.78 bits per heavy atom. The molecule has 50 heavy (non-hydrogen) atoms. The second-order valence-corrected chi connectivity index (χ2v) is 13.6. The highest BCUT2D eigenvalue weighted by Crippen LogP contribution is 2.36. The third kappa shape index (κ3) is 9.21. The van der Waals surface area contributed by atoms with Crippen LogP contribution >= 0.6 is 0 Å². The zero-order valence-corrected chi connectivity index (χ0v) is 28.6. The highest BCUT2D eigenvalue weighted by atomic mass is 32.2. The minimum absolute atomic E-state index is 0.0518. The lowest BCUT2D eigenvalue weighted by Crippen LogP contribution is -2.38. The molecule has 0 radical (unpaired) electrons. The molecular formula is C36H42N4O9S. The zero-order chi connectivity index (χ0) is 35.5. The second-order valence-electron chi connectivity index (χ2n) is 11.6. The van der Waals surface area contributed by atoms with Crippen LogP contribution in [0.2, 0.25) is 0 Å². The number of carbonyl (C=O) groups excluding carboxylic acids is 2. The van der Waals surface area contributed by atoms with Crippen molar-refractivity contribution in [2.75, 3.05) is 51.0 Å². The lowest BCUT2D eigenvalue weighted by molar-refractivity contribution is -0.146. The van der Waals surface area contributed by atoms with Gasteiger partial charge in [0.25, 0.3) is 5.91 Å². The quantitative estimate of drug-likeness (QED) is 0.0909. The number of hydrogen-bond donors (Lipinski definition) is 4. The highest BCUT2D eigenvalue weighted by molar-refractivity contribution is 7.89. The normalized spacial score (nSPS) is 16.1. The Kier molecular flexibility index (Phi) is 12.5. The van der Waals surface area contributed by atoms with Gasteiger partial charge >= 0.3 is 0 Å². The number of carbonyl (C=O) groups is 2. The minimum atomic E-state index is -3.95.